The molecule has 2 rings (SSSR count). The van der Waals surface area contributed by atoms with Gasteiger partial charge in [-0.05, 0) is 55.1 Å². The third kappa shape index (κ3) is 4.08. The molecule has 0 atom stereocenters. The lowest BCUT2D eigenvalue weighted by molar-refractivity contribution is 0.301. The minimum atomic E-state index is 0.626. The molecule has 2 heteroatoms. The quantitative estimate of drug-likeness (QED) is 0.853. The van der Waals surface area contributed by atoms with Gasteiger partial charge in [0, 0.05) is 6.54 Å². The lowest BCUT2D eigenvalue weighted by atomic mass is 10.1. The number of aryl methyl sites for hydroxylation is 3. The SMILES string of the molecule is CCNCc1cc(C)c(OCc2ccccc2C)c(C)c1. The number of benzene rings is 2. The monoisotopic (exact) mass is 283 g/mol. The molecule has 21 heavy (non-hydrogen) atoms. The van der Waals surface area contributed by atoms with Crippen LogP contribution >= 0.6 is 0 Å². The Kier molecular flexibility index (Phi) is 5.40. The van der Waals surface area contributed by atoms with Crippen LogP contribution in [-0.4, -0.2) is 6.54 Å². The standard InChI is InChI=1S/C19H25NO/c1-5-20-12-17-10-15(3)19(16(4)11-17)21-13-18-9-7-6-8-14(18)2/h6-11,20H,5,12-13H2,1-4H3. The normalized spacial score (nSPS) is 10.7. The van der Waals surface area contributed by atoms with E-state index in [-0.39, 0.29) is 0 Å². The number of hydrogen-bond donors (Lipinski definition) is 1. The summed E-state index contributed by atoms with van der Waals surface area (Å²) in [6, 6.07) is 12.8. The van der Waals surface area contributed by atoms with Crippen molar-refractivity contribution in [3.05, 3.63) is 64.2 Å². The van der Waals surface area contributed by atoms with Gasteiger partial charge in [-0.15, -0.1) is 0 Å². The molecule has 1 N–H and O–H groups in total. The Bertz CT molecular complexity index is 581. The van der Waals surface area contributed by atoms with E-state index in [9.17, 15) is 0 Å². The Morgan fingerprint density at radius 3 is 2.24 bits per heavy atom. The molecule has 0 amide bonds. The minimum Gasteiger partial charge on any atom is -0.488 e. The van der Waals surface area contributed by atoms with Crippen molar-refractivity contribution in [1.82, 2.24) is 5.32 Å². The zero-order chi connectivity index (χ0) is 15.2. The van der Waals surface area contributed by atoms with Crippen molar-refractivity contribution in [3.8, 4) is 5.75 Å². The zero-order valence-electron chi connectivity index (χ0n) is 13.5. The molecule has 0 aliphatic heterocycles. The summed E-state index contributed by atoms with van der Waals surface area (Å²) in [7, 11) is 0. The second-order valence-electron chi connectivity index (χ2n) is 5.55. The van der Waals surface area contributed by atoms with Crippen molar-refractivity contribution in [2.24, 2.45) is 0 Å². The predicted octanol–water partition coefficient (Wildman–Crippen LogP) is 4.30. The average Bonchev–Trinajstić information content (AvgIpc) is 2.46. The van der Waals surface area contributed by atoms with Gasteiger partial charge >= 0.3 is 0 Å². The molecule has 2 nitrogen and oxygen atoms in total. The van der Waals surface area contributed by atoms with E-state index in [2.05, 4.69) is 69.4 Å². The van der Waals surface area contributed by atoms with E-state index in [0.717, 1.165) is 18.8 Å². The number of rotatable bonds is 6. The second-order valence-corrected chi connectivity index (χ2v) is 5.55. The van der Waals surface area contributed by atoms with Gasteiger partial charge < -0.3 is 10.1 Å². The van der Waals surface area contributed by atoms with Crippen LogP contribution in [-0.2, 0) is 13.2 Å². The predicted molar refractivity (Wildman–Crippen MR) is 88.8 cm³/mol. The molecule has 0 heterocycles. The van der Waals surface area contributed by atoms with Crippen molar-refractivity contribution < 1.29 is 4.74 Å². The molecule has 0 aliphatic carbocycles. The van der Waals surface area contributed by atoms with E-state index < -0.39 is 0 Å². The van der Waals surface area contributed by atoms with E-state index in [1.807, 2.05) is 0 Å². The molecule has 0 saturated carbocycles. The maximum atomic E-state index is 6.07. The molecule has 0 unspecified atom stereocenters. The molecule has 0 bridgehead atoms. The van der Waals surface area contributed by atoms with E-state index >= 15 is 0 Å². The molecule has 112 valence electrons. The van der Waals surface area contributed by atoms with Gasteiger partial charge in [0.25, 0.3) is 0 Å². The van der Waals surface area contributed by atoms with Gasteiger partial charge in [0.05, 0.1) is 0 Å². The molecular weight excluding hydrogens is 258 g/mol. The fourth-order valence-corrected chi connectivity index (χ4v) is 2.56. The molecular formula is C19H25NO. The summed E-state index contributed by atoms with van der Waals surface area (Å²) >= 11 is 0. The summed E-state index contributed by atoms with van der Waals surface area (Å²) in [5, 5.41) is 3.36. The third-order valence-electron chi connectivity index (χ3n) is 3.73. The maximum absolute atomic E-state index is 6.07. The van der Waals surface area contributed by atoms with Gasteiger partial charge in [-0.3, -0.25) is 0 Å². The van der Waals surface area contributed by atoms with Crippen molar-refractivity contribution in [3.63, 3.8) is 0 Å². The topological polar surface area (TPSA) is 21.3 Å². The summed E-state index contributed by atoms with van der Waals surface area (Å²) in [5.74, 6) is 1.01. The van der Waals surface area contributed by atoms with E-state index in [1.54, 1.807) is 0 Å². The van der Waals surface area contributed by atoms with E-state index in [0.29, 0.717) is 6.61 Å². The van der Waals surface area contributed by atoms with Crippen LogP contribution in [0.2, 0.25) is 0 Å². The molecule has 2 aromatic carbocycles. The van der Waals surface area contributed by atoms with Crippen LogP contribution in [0.5, 0.6) is 5.75 Å². The number of nitrogens with one attached hydrogen (secondary N) is 1. The van der Waals surface area contributed by atoms with Crippen LogP contribution in [0.3, 0.4) is 0 Å². The Morgan fingerprint density at radius 1 is 0.952 bits per heavy atom. The summed E-state index contributed by atoms with van der Waals surface area (Å²) in [6.07, 6.45) is 0. The fourth-order valence-electron chi connectivity index (χ4n) is 2.56. The Morgan fingerprint density at radius 2 is 1.62 bits per heavy atom. The van der Waals surface area contributed by atoms with Gasteiger partial charge in [0.2, 0.25) is 0 Å². The largest absolute Gasteiger partial charge is 0.488 e. The lowest BCUT2D eigenvalue weighted by Gasteiger charge is -2.15. The second kappa shape index (κ2) is 7.28. The van der Waals surface area contributed by atoms with Crippen LogP contribution in [0.4, 0.5) is 0 Å². The lowest BCUT2D eigenvalue weighted by Crippen LogP contribution is -2.12. The Balaban J connectivity index is 2.12. The highest BCUT2D eigenvalue weighted by molar-refractivity contribution is 5.43. The van der Waals surface area contributed by atoms with Crippen LogP contribution in [0, 0.1) is 20.8 Å². The Labute approximate surface area is 128 Å². The first kappa shape index (κ1) is 15.6. The molecule has 2 aromatic rings. The number of ether oxygens (including phenoxy) is 1. The Hall–Kier alpha value is -1.80. The smallest absolute Gasteiger partial charge is 0.125 e. The van der Waals surface area contributed by atoms with Crippen LogP contribution in [0.15, 0.2) is 36.4 Å². The molecule has 0 fully saturated rings. The van der Waals surface area contributed by atoms with Crippen molar-refractivity contribution in [1.29, 1.82) is 0 Å². The molecule has 0 radical (unpaired) electrons. The minimum absolute atomic E-state index is 0.626. The zero-order valence-corrected chi connectivity index (χ0v) is 13.5. The average molecular weight is 283 g/mol. The van der Waals surface area contributed by atoms with Crippen LogP contribution < -0.4 is 10.1 Å². The highest BCUT2D eigenvalue weighted by Gasteiger charge is 2.07. The van der Waals surface area contributed by atoms with E-state index in [4.69, 9.17) is 4.74 Å². The maximum Gasteiger partial charge on any atom is 0.125 e. The van der Waals surface area contributed by atoms with E-state index in [1.165, 1.54) is 27.8 Å². The van der Waals surface area contributed by atoms with Crippen molar-refractivity contribution >= 4 is 0 Å². The highest BCUT2D eigenvalue weighted by Crippen LogP contribution is 2.26. The van der Waals surface area contributed by atoms with Gasteiger partial charge in [-0.1, -0.05) is 43.3 Å². The molecule has 0 saturated heterocycles. The summed E-state index contributed by atoms with van der Waals surface area (Å²) in [5.41, 5.74) is 6.24. The molecule has 0 aliphatic rings. The summed E-state index contributed by atoms with van der Waals surface area (Å²) in [4.78, 5) is 0. The van der Waals surface area contributed by atoms with Crippen LogP contribution in [0.25, 0.3) is 0 Å². The van der Waals surface area contributed by atoms with Gasteiger partial charge in [0.1, 0.15) is 12.4 Å². The molecule has 0 aromatic heterocycles. The van der Waals surface area contributed by atoms with Gasteiger partial charge in [-0.25, -0.2) is 0 Å². The fraction of sp³-hybridized carbons (Fsp3) is 0.368. The summed E-state index contributed by atoms with van der Waals surface area (Å²) in [6.45, 7) is 11.0. The first-order chi connectivity index (χ1) is 10.1. The van der Waals surface area contributed by atoms with Crippen molar-refractivity contribution in [2.75, 3.05) is 6.54 Å². The summed E-state index contributed by atoms with van der Waals surface area (Å²) < 4.78 is 6.07. The van der Waals surface area contributed by atoms with Crippen molar-refractivity contribution in [2.45, 2.75) is 40.8 Å². The first-order valence-corrected chi connectivity index (χ1v) is 7.60. The van der Waals surface area contributed by atoms with Gasteiger partial charge in [-0.2, -0.15) is 0 Å². The number of hydrogen-bond acceptors (Lipinski definition) is 2. The van der Waals surface area contributed by atoms with Crippen LogP contribution in [0.1, 0.15) is 34.7 Å². The third-order valence-corrected chi connectivity index (χ3v) is 3.73. The highest BCUT2D eigenvalue weighted by atomic mass is 16.5. The molecule has 0 spiro atoms. The van der Waals surface area contributed by atoms with Gasteiger partial charge in [0.15, 0.2) is 0 Å². The first-order valence-electron chi connectivity index (χ1n) is 7.60.